The molecule has 1 aromatic carbocycles. The minimum Gasteiger partial charge on any atom is -0.468 e. The van der Waals surface area contributed by atoms with Crippen LogP contribution in [0.4, 0.5) is 0 Å². The van der Waals surface area contributed by atoms with Crippen molar-refractivity contribution in [2.24, 2.45) is 7.05 Å². The van der Waals surface area contributed by atoms with Crippen molar-refractivity contribution in [3.8, 4) is 0 Å². The summed E-state index contributed by atoms with van der Waals surface area (Å²) in [6, 6.07) is 11.5. The van der Waals surface area contributed by atoms with E-state index < -0.39 is 0 Å². The quantitative estimate of drug-likeness (QED) is 0.486. The first-order valence-corrected chi connectivity index (χ1v) is 10.1. The normalized spacial score (nSPS) is 11.3. The summed E-state index contributed by atoms with van der Waals surface area (Å²) < 4.78 is 8.36. The zero-order valence-corrected chi connectivity index (χ0v) is 16.2. The van der Waals surface area contributed by atoms with Crippen LogP contribution < -0.4 is 10.9 Å². The number of aromatic nitrogens is 3. The van der Waals surface area contributed by atoms with Gasteiger partial charge in [0.05, 0.1) is 18.2 Å². The van der Waals surface area contributed by atoms with E-state index in [0.717, 1.165) is 33.6 Å². The van der Waals surface area contributed by atoms with Gasteiger partial charge in [-0.3, -0.25) is 9.59 Å². The Morgan fingerprint density at radius 2 is 2.07 bits per heavy atom. The number of aryl methyl sites for hydroxylation is 1. The standard InChI is InChI=1S/C20H20N4O3S/c1-23-20(26)19-16(11-22-23)15-6-2-3-7-17(15)24(19)12-18(25)21-8-10-28-13-14-5-4-9-27-14/h2-7,9,11H,8,10,12-13H2,1H3,(H,21,25). The third kappa shape index (κ3) is 3.55. The van der Waals surface area contributed by atoms with Gasteiger partial charge in [0.15, 0.2) is 0 Å². The summed E-state index contributed by atoms with van der Waals surface area (Å²) in [5.41, 5.74) is 1.14. The minimum absolute atomic E-state index is 0.0894. The maximum atomic E-state index is 12.6. The molecular weight excluding hydrogens is 376 g/mol. The van der Waals surface area contributed by atoms with E-state index in [1.807, 2.05) is 36.4 Å². The van der Waals surface area contributed by atoms with E-state index in [2.05, 4.69) is 10.4 Å². The van der Waals surface area contributed by atoms with Gasteiger partial charge in [-0.05, 0) is 18.2 Å². The molecule has 7 nitrogen and oxygen atoms in total. The van der Waals surface area contributed by atoms with E-state index in [4.69, 9.17) is 4.42 Å². The maximum Gasteiger partial charge on any atom is 0.291 e. The number of hydrogen-bond donors (Lipinski definition) is 1. The molecule has 4 aromatic rings. The van der Waals surface area contributed by atoms with Crippen molar-refractivity contribution in [3.63, 3.8) is 0 Å². The molecule has 28 heavy (non-hydrogen) atoms. The first-order chi connectivity index (χ1) is 13.6. The average Bonchev–Trinajstić information content (AvgIpc) is 3.32. The molecule has 144 valence electrons. The van der Waals surface area contributed by atoms with Gasteiger partial charge in [0.1, 0.15) is 17.8 Å². The Morgan fingerprint density at radius 3 is 2.89 bits per heavy atom. The van der Waals surface area contributed by atoms with Crippen LogP contribution in [-0.2, 0) is 24.1 Å². The van der Waals surface area contributed by atoms with Gasteiger partial charge in [0.25, 0.3) is 5.56 Å². The predicted molar refractivity (Wildman–Crippen MR) is 110 cm³/mol. The van der Waals surface area contributed by atoms with Crippen molar-refractivity contribution < 1.29 is 9.21 Å². The van der Waals surface area contributed by atoms with Crippen molar-refractivity contribution in [3.05, 3.63) is 65.0 Å². The molecule has 0 saturated heterocycles. The lowest BCUT2D eigenvalue weighted by atomic mass is 10.2. The number of para-hydroxylation sites is 1. The number of carbonyl (C=O) groups is 1. The van der Waals surface area contributed by atoms with Gasteiger partial charge in [-0.1, -0.05) is 18.2 Å². The zero-order valence-electron chi connectivity index (χ0n) is 15.4. The van der Waals surface area contributed by atoms with E-state index in [-0.39, 0.29) is 18.0 Å². The molecule has 0 atom stereocenters. The minimum atomic E-state index is -0.212. The number of carbonyl (C=O) groups excluding carboxylic acids is 1. The third-order valence-electron chi connectivity index (χ3n) is 4.56. The second kappa shape index (κ2) is 7.93. The highest BCUT2D eigenvalue weighted by Crippen LogP contribution is 2.25. The van der Waals surface area contributed by atoms with Gasteiger partial charge in [-0.25, -0.2) is 4.68 Å². The van der Waals surface area contributed by atoms with Crippen LogP contribution in [0.25, 0.3) is 21.8 Å². The van der Waals surface area contributed by atoms with E-state index in [0.29, 0.717) is 12.1 Å². The Hall–Kier alpha value is -3.00. The fraction of sp³-hybridized carbons (Fsp3) is 0.250. The molecule has 0 spiro atoms. The number of rotatable bonds is 7. The van der Waals surface area contributed by atoms with Gasteiger partial charge in [-0.2, -0.15) is 16.9 Å². The van der Waals surface area contributed by atoms with E-state index in [1.165, 1.54) is 4.68 Å². The zero-order chi connectivity index (χ0) is 19.5. The molecular formula is C20H20N4O3S. The van der Waals surface area contributed by atoms with Crippen LogP contribution >= 0.6 is 11.8 Å². The summed E-state index contributed by atoms with van der Waals surface area (Å²) in [6.45, 7) is 0.646. The van der Waals surface area contributed by atoms with Gasteiger partial charge >= 0.3 is 0 Å². The second-order valence-electron chi connectivity index (χ2n) is 6.42. The van der Waals surface area contributed by atoms with Gasteiger partial charge in [0.2, 0.25) is 5.91 Å². The van der Waals surface area contributed by atoms with Crippen molar-refractivity contribution >= 4 is 39.5 Å². The molecule has 0 radical (unpaired) electrons. The van der Waals surface area contributed by atoms with Gasteiger partial charge in [0, 0.05) is 35.6 Å². The van der Waals surface area contributed by atoms with E-state index in [1.54, 1.807) is 35.8 Å². The van der Waals surface area contributed by atoms with Crippen molar-refractivity contribution in [2.45, 2.75) is 12.3 Å². The predicted octanol–water partition coefficient (Wildman–Crippen LogP) is 2.53. The lowest BCUT2D eigenvalue weighted by molar-refractivity contribution is -0.121. The molecule has 3 aromatic heterocycles. The second-order valence-corrected chi connectivity index (χ2v) is 7.53. The van der Waals surface area contributed by atoms with Crippen molar-refractivity contribution in [1.29, 1.82) is 0 Å². The third-order valence-corrected chi connectivity index (χ3v) is 5.54. The summed E-state index contributed by atoms with van der Waals surface area (Å²) >= 11 is 1.69. The number of nitrogens with one attached hydrogen (secondary N) is 1. The Labute approximate surface area is 165 Å². The Kier molecular flexibility index (Phi) is 5.21. The molecule has 0 fully saturated rings. The SMILES string of the molecule is Cn1ncc2c3ccccc3n(CC(=O)NCCSCc3ccco3)c2c1=O. The highest BCUT2D eigenvalue weighted by atomic mass is 32.2. The van der Waals surface area contributed by atoms with E-state index in [9.17, 15) is 9.59 Å². The maximum absolute atomic E-state index is 12.6. The first-order valence-electron chi connectivity index (χ1n) is 8.95. The monoisotopic (exact) mass is 396 g/mol. The largest absolute Gasteiger partial charge is 0.468 e. The number of benzene rings is 1. The summed E-state index contributed by atoms with van der Waals surface area (Å²) in [5, 5.41) is 8.73. The van der Waals surface area contributed by atoms with Crippen LogP contribution in [0, 0.1) is 0 Å². The molecule has 1 N–H and O–H groups in total. The van der Waals surface area contributed by atoms with Gasteiger partial charge in [-0.15, -0.1) is 0 Å². The molecule has 0 aliphatic rings. The van der Waals surface area contributed by atoms with E-state index >= 15 is 0 Å². The Morgan fingerprint density at radius 1 is 1.21 bits per heavy atom. The smallest absolute Gasteiger partial charge is 0.291 e. The number of amides is 1. The van der Waals surface area contributed by atoms with Crippen LogP contribution in [0.3, 0.4) is 0 Å². The van der Waals surface area contributed by atoms with Crippen molar-refractivity contribution in [2.75, 3.05) is 12.3 Å². The molecule has 0 unspecified atom stereocenters. The van der Waals surface area contributed by atoms with Crippen LogP contribution in [0.1, 0.15) is 5.76 Å². The number of nitrogens with zero attached hydrogens (tertiary/aromatic N) is 3. The van der Waals surface area contributed by atoms with Crippen LogP contribution in [0.2, 0.25) is 0 Å². The summed E-state index contributed by atoms with van der Waals surface area (Å²) in [4.78, 5) is 25.1. The highest BCUT2D eigenvalue weighted by Gasteiger charge is 2.16. The molecule has 3 heterocycles. The Bertz CT molecular complexity index is 1180. The number of thioether (sulfide) groups is 1. The first kappa shape index (κ1) is 18.4. The molecule has 4 rings (SSSR count). The average molecular weight is 396 g/mol. The fourth-order valence-electron chi connectivity index (χ4n) is 3.24. The van der Waals surface area contributed by atoms with Crippen LogP contribution in [0.15, 0.2) is 58.1 Å². The van der Waals surface area contributed by atoms with Gasteiger partial charge < -0.3 is 14.3 Å². The Balaban J connectivity index is 1.48. The topological polar surface area (TPSA) is 82.1 Å². The molecule has 8 heteroatoms. The van der Waals surface area contributed by atoms with Crippen LogP contribution in [-0.4, -0.2) is 32.6 Å². The summed E-state index contributed by atoms with van der Waals surface area (Å²) in [6.07, 6.45) is 3.34. The molecule has 0 aliphatic heterocycles. The molecule has 1 amide bonds. The number of fused-ring (bicyclic) bond motifs is 3. The lowest BCUT2D eigenvalue weighted by Gasteiger charge is -2.08. The molecule has 0 saturated carbocycles. The molecule has 0 bridgehead atoms. The van der Waals surface area contributed by atoms with Crippen molar-refractivity contribution in [1.82, 2.24) is 19.7 Å². The fourth-order valence-corrected chi connectivity index (χ4v) is 3.99. The lowest BCUT2D eigenvalue weighted by Crippen LogP contribution is -2.30. The summed E-state index contributed by atoms with van der Waals surface area (Å²) in [5.74, 6) is 2.36. The highest BCUT2D eigenvalue weighted by molar-refractivity contribution is 7.98. The summed E-state index contributed by atoms with van der Waals surface area (Å²) in [7, 11) is 1.61. The number of furan rings is 1. The molecule has 0 aliphatic carbocycles. The van der Waals surface area contributed by atoms with Crippen LogP contribution in [0.5, 0.6) is 0 Å². The number of hydrogen-bond acceptors (Lipinski definition) is 5.